The predicted octanol–water partition coefficient (Wildman–Crippen LogP) is 2.05. The van der Waals surface area contributed by atoms with E-state index in [0.717, 1.165) is 49.5 Å². The standard InChI is InChI=1S/C14H22N6/c1-15-11-12(16-2)17-14(20-9-5-6-10-20)18-13(11)19-7-3-4-8-19/h1,3-10H2,2H3,(H,16,17,18). The van der Waals surface area contributed by atoms with Gasteiger partial charge in [0.25, 0.3) is 0 Å². The van der Waals surface area contributed by atoms with Gasteiger partial charge in [0.2, 0.25) is 5.95 Å². The minimum atomic E-state index is 0.775. The average Bonchev–Trinajstić information content (AvgIpc) is 3.18. The number of hydrogen-bond acceptors (Lipinski definition) is 6. The Morgan fingerprint density at radius 3 is 2.15 bits per heavy atom. The molecule has 0 saturated carbocycles. The molecule has 2 saturated heterocycles. The van der Waals surface area contributed by atoms with Crippen LogP contribution in [0.1, 0.15) is 25.7 Å². The third-order valence-electron chi connectivity index (χ3n) is 4.04. The van der Waals surface area contributed by atoms with Crippen LogP contribution in [0.4, 0.5) is 23.3 Å². The summed E-state index contributed by atoms with van der Waals surface area (Å²) in [6.07, 6.45) is 4.88. The highest BCUT2D eigenvalue weighted by Crippen LogP contribution is 2.36. The number of hydrogen-bond donors (Lipinski definition) is 1. The van der Waals surface area contributed by atoms with Crippen LogP contribution in [0.2, 0.25) is 0 Å². The van der Waals surface area contributed by atoms with Crippen LogP contribution >= 0.6 is 0 Å². The molecule has 0 aromatic carbocycles. The Morgan fingerprint density at radius 2 is 1.60 bits per heavy atom. The zero-order valence-electron chi connectivity index (χ0n) is 12.1. The molecular weight excluding hydrogens is 252 g/mol. The Hall–Kier alpha value is -1.85. The minimum Gasteiger partial charge on any atom is -0.371 e. The Labute approximate surface area is 119 Å². The van der Waals surface area contributed by atoms with Crippen molar-refractivity contribution in [1.82, 2.24) is 9.97 Å². The number of nitrogens with zero attached hydrogens (tertiary/aromatic N) is 5. The molecule has 0 atom stereocenters. The van der Waals surface area contributed by atoms with Gasteiger partial charge in [-0.25, -0.2) is 0 Å². The first kappa shape index (κ1) is 13.1. The zero-order chi connectivity index (χ0) is 13.9. The predicted molar refractivity (Wildman–Crippen MR) is 83.7 cm³/mol. The van der Waals surface area contributed by atoms with E-state index in [-0.39, 0.29) is 0 Å². The topological polar surface area (TPSA) is 56.7 Å². The van der Waals surface area contributed by atoms with Gasteiger partial charge in [-0.2, -0.15) is 9.97 Å². The van der Waals surface area contributed by atoms with Gasteiger partial charge >= 0.3 is 0 Å². The number of nitrogens with one attached hydrogen (secondary N) is 1. The molecular formula is C14H22N6. The third kappa shape index (κ3) is 2.30. The van der Waals surface area contributed by atoms with Gasteiger partial charge in [-0.1, -0.05) is 0 Å². The van der Waals surface area contributed by atoms with Gasteiger partial charge in [-0.15, -0.1) is 0 Å². The molecule has 0 spiro atoms. The zero-order valence-corrected chi connectivity index (χ0v) is 12.1. The van der Waals surface area contributed by atoms with Crippen molar-refractivity contribution < 1.29 is 0 Å². The second-order valence-electron chi connectivity index (χ2n) is 5.34. The van der Waals surface area contributed by atoms with Crippen LogP contribution in [0.3, 0.4) is 0 Å². The fourth-order valence-corrected chi connectivity index (χ4v) is 2.96. The van der Waals surface area contributed by atoms with Crippen molar-refractivity contribution in [3.63, 3.8) is 0 Å². The van der Waals surface area contributed by atoms with E-state index in [1.165, 1.54) is 25.7 Å². The molecule has 0 bridgehead atoms. The van der Waals surface area contributed by atoms with Gasteiger partial charge in [0.05, 0.1) is 0 Å². The fraction of sp³-hybridized carbons (Fsp3) is 0.643. The van der Waals surface area contributed by atoms with Crippen LogP contribution in [-0.2, 0) is 0 Å². The molecule has 2 aliphatic rings. The summed E-state index contributed by atoms with van der Waals surface area (Å²) in [5.74, 6) is 2.53. The normalized spacial score (nSPS) is 18.6. The highest BCUT2D eigenvalue weighted by atomic mass is 15.3. The quantitative estimate of drug-likeness (QED) is 0.852. The van der Waals surface area contributed by atoms with E-state index in [1.807, 2.05) is 7.05 Å². The lowest BCUT2D eigenvalue weighted by Gasteiger charge is -2.23. The number of aromatic nitrogens is 2. The Bertz CT molecular complexity index is 489. The molecule has 108 valence electrons. The summed E-state index contributed by atoms with van der Waals surface area (Å²) in [4.78, 5) is 18.1. The van der Waals surface area contributed by atoms with Crippen LogP contribution in [0.5, 0.6) is 0 Å². The van der Waals surface area contributed by atoms with Crippen LogP contribution in [-0.4, -0.2) is 49.9 Å². The highest BCUT2D eigenvalue weighted by molar-refractivity contribution is 5.78. The van der Waals surface area contributed by atoms with Gasteiger partial charge in [-0.05, 0) is 32.4 Å². The maximum atomic E-state index is 4.78. The molecule has 1 aromatic rings. The minimum absolute atomic E-state index is 0.775. The Morgan fingerprint density at radius 1 is 1.00 bits per heavy atom. The number of aliphatic imine (C=N–C) groups is 1. The average molecular weight is 274 g/mol. The summed E-state index contributed by atoms with van der Waals surface area (Å²) in [7, 11) is 1.87. The van der Waals surface area contributed by atoms with Gasteiger partial charge < -0.3 is 15.1 Å². The first-order valence-corrected chi connectivity index (χ1v) is 7.40. The summed E-state index contributed by atoms with van der Waals surface area (Å²) in [6, 6.07) is 0. The van der Waals surface area contributed by atoms with E-state index in [2.05, 4.69) is 31.8 Å². The van der Waals surface area contributed by atoms with E-state index in [0.29, 0.717) is 0 Å². The second-order valence-corrected chi connectivity index (χ2v) is 5.34. The smallest absolute Gasteiger partial charge is 0.229 e. The molecule has 1 aromatic heterocycles. The van der Waals surface area contributed by atoms with Gasteiger partial charge in [0, 0.05) is 33.2 Å². The lowest BCUT2D eigenvalue weighted by atomic mass is 10.4. The van der Waals surface area contributed by atoms with Crippen LogP contribution in [0.15, 0.2) is 4.99 Å². The van der Waals surface area contributed by atoms with Crippen molar-refractivity contribution in [2.75, 3.05) is 48.3 Å². The fourth-order valence-electron chi connectivity index (χ4n) is 2.96. The monoisotopic (exact) mass is 274 g/mol. The molecule has 3 heterocycles. The van der Waals surface area contributed by atoms with E-state index in [1.54, 1.807) is 0 Å². The molecule has 3 rings (SSSR count). The SMILES string of the molecule is C=Nc1c(NC)nc(N2CCCC2)nc1N1CCCC1. The lowest BCUT2D eigenvalue weighted by molar-refractivity contribution is 0.872. The van der Waals surface area contributed by atoms with Crippen LogP contribution < -0.4 is 15.1 Å². The Kier molecular flexibility index (Phi) is 3.71. The van der Waals surface area contributed by atoms with E-state index in [4.69, 9.17) is 4.98 Å². The first-order valence-electron chi connectivity index (χ1n) is 7.40. The molecule has 2 fully saturated rings. The van der Waals surface area contributed by atoms with Crippen molar-refractivity contribution in [3.8, 4) is 0 Å². The first-order chi connectivity index (χ1) is 9.83. The second kappa shape index (κ2) is 5.64. The molecule has 20 heavy (non-hydrogen) atoms. The van der Waals surface area contributed by atoms with Crippen molar-refractivity contribution in [1.29, 1.82) is 0 Å². The highest BCUT2D eigenvalue weighted by Gasteiger charge is 2.24. The van der Waals surface area contributed by atoms with Gasteiger partial charge in [0.15, 0.2) is 11.6 Å². The van der Waals surface area contributed by atoms with E-state index >= 15 is 0 Å². The number of rotatable bonds is 4. The molecule has 0 unspecified atom stereocenters. The van der Waals surface area contributed by atoms with E-state index in [9.17, 15) is 0 Å². The van der Waals surface area contributed by atoms with E-state index < -0.39 is 0 Å². The molecule has 6 heteroatoms. The molecule has 2 aliphatic heterocycles. The van der Waals surface area contributed by atoms with Crippen molar-refractivity contribution in [2.24, 2.45) is 4.99 Å². The van der Waals surface area contributed by atoms with Crippen LogP contribution in [0, 0.1) is 0 Å². The molecule has 6 nitrogen and oxygen atoms in total. The molecule has 0 radical (unpaired) electrons. The summed E-state index contributed by atoms with van der Waals surface area (Å²) in [5, 5.41) is 3.14. The number of anilines is 3. The van der Waals surface area contributed by atoms with Crippen molar-refractivity contribution >= 4 is 30.0 Å². The van der Waals surface area contributed by atoms with Crippen LogP contribution in [0.25, 0.3) is 0 Å². The van der Waals surface area contributed by atoms with Crippen molar-refractivity contribution in [2.45, 2.75) is 25.7 Å². The van der Waals surface area contributed by atoms with Crippen molar-refractivity contribution in [3.05, 3.63) is 0 Å². The summed E-state index contributed by atoms with van der Waals surface area (Å²) in [6.45, 7) is 7.87. The maximum absolute atomic E-state index is 4.78. The Balaban J connectivity index is 2.03. The maximum Gasteiger partial charge on any atom is 0.229 e. The summed E-state index contributed by atoms with van der Waals surface area (Å²) < 4.78 is 0. The lowest BCUT2D eigenvalue weighted by Crippen LogP contribution is -2.24. The molecule has 0 amide bonds. The molecule has 1 N–H and O–H groups in total. The molecule has 0 aliphatic carbocycles. The summed E-state index contributed by atoms with van der Waals surface area (Å²) in [5.41, 5.74) is 0.775. The third-order valence-corrected chi connectivity index (χ3v) is 4.04. The van der Waals surface area contributed by atoms with Gasteiger partial charge in [-0.3, -0.25) is 4.99 Å². The van der Waals surface area contributed by atoms with Gasteiger partial charge in [0.1, 0.15) is 5.69 Å². The largest absolute Gasteiger partial charge is 0.371 e. The summed E-state index contributed by atoms with van der Waals surface area (Å²) >= 11 is 0.